The molecule has 127 heavy (non-hydrogen) atoms. The highest BCUT2D eigenvalue weighted by atomic mass is 16.2. The summed E-state index contributed by atoms with van der Waals surface area (Å²) >= 11 is 0. The standard InChI is InChI=1S/2C20H15NO.C17H13NO.C16H12N2O.C16H13NO.C12H11NO.C11H11NO/c22-20(21-16-9-3-4-10-16)19-17-11-5-1-7-14(17)13-15-8-2-6-12-18(15)19;22-20(21-17-9-3-4-10-17)18-11-5-8-16-12-14-6-1-2-7-15(14)13-19(16)18;19-17(14-7-2-1-3-8-14)18-16-11-10-13-6-4-5-9-15(13)12-16;19-16(18-15-10-3-4-11-17-15)14-9-5-7-12-6-1-2-8-13(12)14;18-16(13-7-1-2-8-13)17-15-11-5-9-12-6-3-4-10-14(12)15;14-12(10-6-4-5-7-10)13-11-8-2-1-3-9-11;13-11(9-5-1-2-6-9)12-10-7-3-4-8-10/h2*1-9,11-13H,10H2,(H,21,22);1-12H,(H,18,19);1-11H,(H,17,18,19);1-7,9-11H,8H2,(H,17,18);1-6,8-9H,7H2,(H,13,14);1-5,7H,6,8H2,(H,12,13). The van der Waals surface area contributed by atoms with Crippen LogP contribution in [0.5, 0.6) is 0 Å². The fourth-order valence-corrected chi connectivity index (χ4v) is 14.9. The highest BCUT2D eigenvalue weighted by Crippen LogP contribution is 2.32. The number of allylic oxidation sites excluding steroid dienone is 18. The quantitative estimate of drug-likeness (QED) is 0.0519. The van der Waals surface area contributed by atoms with E-state index >= 15 is 0 Å². The number of anilines is 4. The normalized spacial score (nSPS) is 13.2. The Morgan fingerprint density at radius 2 is 0.614 bits per heavy atom. The molecule has 0 aliphatic heterocycles. The van der Waals surface area contributed by atoms with Crippen molar-refractivity contribution in [1.82, 2.24) is 20.9 Å². The number of rotatable bonds is 14. The number of fused-ring (bicyclic) bond motifs is 7. The van der Waals surface area contributed by atoms with E-state index in [0.29, 0.717) is 16.9 Å². The van der Waals surface area contributed by atoms with Crippen molar-refractivity contribution in [2.45, 2.75) is 38.5 Å². The molecule has 6 aliphatic rings. The Hall–Kier alpha value is -16.8. The number of benzene rings is 14. The van der Waals surface area contributed by atoms with Gasteiger partial charge >= 0.3 is 0 Å². The molecule has 0 fully saturated rings. The third-order valence-corrected chi connectivity index (χ3v) is 21.4. The number of carbonyl (C=O) groups is 7. The number of pyridine rings is 1. The smallest absolute Gasteiger partial charge is 0.257 e. The summed E-state index contributed by atoms with van der Waals surface area (Å²) in [4.78, 5) is 89.0. The molecule has 15 heteroatoms. The van der Waals surface area contributed by atoms with Gasteiger partial charge in [-0.2, -0.15) is 0 Å². The first kappa shape index (κ1) is 85.2. The SMILES string of the molecule is O=C(NC1=CC=CC1)C1=CC=CC1.O=C(NC1=CC=CC1)c1c2ccccc2cc2ccccc12.O=C(NC1=CC=CC1)c1cccc2cc3ccccc3cc12.O=C(Nc1ccc2ccccc2c1)c1ccccc1.O=C(Nc1cccc2ccccc12)C1=CC=CC1.O=C(Nc1ccccc1)C1=CC=CC1.O=C(Nc1ccccn1)c1cccc2ccccc12. The number of aromatic nitrogens is 1. The maximum Gasteiger partial charge on any atom is 0.257 e. The third-order valence-electron chi connectivity index (χ3n) is 21.4. The molecule has 0 atom stereocenters. The minimum Gasteiger partial charge on any atom is -0.326 e. The Balaban J connectivity index is 0.000000115. The first-order valence-corrected chi connectivity index (χ1v) is 42.0. The van der Waals surface area contributed by atoms with Gasteiger partial charge in [0.15, 0.2) is 0 Å². The van der Waals surface area contributed by atoms with Crippen molar-refractivity contribution in [2.24, 2.45) is 0 Å². The molecule has 15 nitrogen and oxygen atoms in total. The van der Waals surface area contributed by atoms with E-state index in [1.165, 1.54) is 10.8 Å². The van der Waals surface area contributed by atoms with Crippen LogP contribution >= 0.6 is 0 Å². The summed E-state index contributed by atoms with van der Waals surface area (Å²) < 4.78 is 0. The molecule has 0 saturated heterocycles. The predicted octanol–water partition coefficient (Wildman–Crippen LogP) is 24.7. The maximum atomic E-state index is 12.8. The summed E-state index contributed by atoms with van der Waals surface area (Å²) in [6.07, 6.45) is 41.3. The molecule has 21 rings (SSSR count). The molecule has 7 N–H and O–H groups in total. The number of amides is 7. The number of hydrogen-bond acceptors (Lipinski definition) is 8. The minimum absolute atomic E-state index is 0.0128. The van der Waals surface area contributed by atoms with Crippen LogP contribution in [0, 0.1) is 0 Å². The second kappa shape index (κ2) is 42.6. The zero-order valence-electron chi connectivity index (χ0n) is 69.5. The Bertz CT molecular complexity index is 6980. The van der Waals surface area contributed by atoms with Gasteiger partial charge in [-0.05, 0) is 192 Å². The van der Waals surface area contributed by atoms with Gasteiger partial charge in [0.25, 0.3) is 41.4 Å². The van der Waals surface area contributed by atoms with Crippen molar-refractivity contribution >= 4 is 140 Å². The third kappa shape index (κ3) is 22.9. The van der Waals surface area contributed by atoms with Crippen LogP contribution < -0.4 is 37.2 Å². The second-order valence-electron chi connectivity index (χ2n) is 30.1. The second-order valence-corrected chi connectivity index (χ2v) is 30.1. The molecule has 620 valence electrons. The topological polar surface area (TPSA) is 217 Å². The molecular formula is C112H90N8O7. The molecule has 15 aromatic rings. The van der Waals surface area contributed by atoms with Crippen molar-refractivity contribution in [3.8, 4) is 0 Å². The molecule has 0 spiro atoms. The fraction of sp³-hybridized carbons (Fsp3) is 0.0536. The molecule has 1 aromatic heterocycles. The molecule has 0 bridgehead atoms. The van der Waals surface area contributed by atoms with Crippen LogP contribution in [0.4, 0.5) is 22.9 Å². The molecule has 0 saturated carbocycles. The molecule has 0 radical (unpaired) electrons. The molecule has 7 amide bonds. The first-order valence-electron chi connectivity index (χ1n) is 42.0. The molecule has 0 unspecified atom stereocenters. The largest absolute Gasteiger partial charge is 0.326 e. The van der Waals surface area contributed by atoms with E-state index in [1.54, 1.807) is 24.4 Å². The predicted molar refractivity (Wildman–Crippen MR) is 519 cm³/mol. The van der Waals surface area contributed by atoms with Crippen LogP contribution in [-0.2, 0) is 14.4 Å². The van der Waals surface area contributed by atoms with Gasteiger partial charge in [0.2, 0.25) is 0 Å². The Morgan fingerprint density at radius 3 is 1.16 bits per heavy atom. The molecule has 14 aromatic carbocycles. The van der Waals surface area contributed by atoms with Crippen LogP contribution in [-0.4, -0.2) is 46.3 Å². The van der Waals surface area contributed by atoms with Gasteiger partial charge in [-0.3, -0.25) is 33.6 Å². The van der Waals surface area contributed by atoms with E-state index in [9.17, 15) is 33.6 Å². The average Bonchev–Trinajstić information content (AvgIpc) is 1.29. The minimum atomic E-state index is -0.143. The zero-order chi connectivity index (χ0) is 87.3. The van der Waals surface area contributed by atoms with E-state index in [2.05, 4.69) is 96.8 Å². The van der Waals surface area contributed by atoms with Crippen LogP contribution in [0.2, 0.25) is 0 Å². The number of nitrogens with one attached hydrogen (secondary N) is 7. The van der Waals surface area contributed by atoms with Crippen molar-refractivity contribution in [2.75, 3.05) is 21.3 Å². The van der Waals surface area contributed by atoms with E-state index in [-0.39, 0.29) is 41.4 Å². The fourth-order valence-electron chi connectivity index (χ4n) is 14.9. The highest BCUT2D eigenvalue weighted by molar-refractivity contribution is 6.19. The number of nitrogens with zero attached hydrogens (tertiary/aromatic N) is 1. The highest BCUT2D eigenvalue weighted by Gasteiger charge is 2.20. The average molecular weight is 1660 g/mol. The van der Waals surface area contributed by atoms with Gasteiger partial charge in [-0.1, -0.05) is 322 Å². The van der Waals surface area contributed by atoms with Gasteiger partial charge in [-0.15, -0.1) is 0 Å². The summed E-state index contributed by atoms with van der Waals surface area (Å²) in [5.41, 5.74) is 10.6. The van der Waals surface area contributed by atoms with Crippen LogP contribution in [0.15, 0.2) is 465 Å². The number of para-hydroxylation sites is 1. The van der Waals surface area contributed by atoms with Crippen molar-refractivity contribution < 1.29 is 33.6 Å². The Labute approximate surface area is 736 Å². The summed E-state index contributed by atoms with van der Waals surface area (Å²) in [6.45, 7) is 0. The summed E-state index contributed by atoms with van der Waals surface area (Å²) in [5, 5.41) is 35.5. The van der Waals surface area contributed by atoms with Gasteiger partial charge in [0.1, 0.15) is 5.82 Å². The van der Waals surface area contributed by atoms with Gasteiger partial charge in [0, 0.05) is 98.4 Å². The summed E-state index contributed by atoms with van der Waals surface area (Å²) in [7, 11) is 0. The zero-order valence-corrected chi connectivity index (χ0v) is 69.5. The summed E-state index contributed by atoms with van der Waals surface area (Å²) in [5.74, 6) is 0.239. The summed E-state index contributed by atoms with van der Waals surface area (Å²) in [6, 6.07) is 102. The van der Waals surface area contributed by atoms with E-state index < -0.39 is 0 Å². The van der Waals surface area contributed by atoms with Crippen LogP contribution in [0.25, 0.3) is 75.4 Å². The lowest BCUT2D eigenvalue weighted by Gasteiger charge is -2.12. The lowest BCUT2D eigenvalue weighted by Crippen LogP contribution is -2.23. The van der Waals surface area contributed by atoms with Gasteiger partial charge in [0.05, 0.1) is 5.56 Å². The molecule has 6 aliphatic carbocycles. The van der Waals surface area contributed by atoms with Crippen LogP contribution in [0.3, 0.4) is 0 Å². The lowest BCUT2D eigenvalue weighted by molar-refractivity contribution is -0.117. The Kier molecular flexibility index (Phi) is 28.6. The van der Waals surface area contributed by atoms with Crippen molar-refractivity contribution in [3.05, 3.63) is 487 Å². The number of carbonyl (C=O) groups excluding carboxylic acids is 7. The Morgan fingerprint density at radius 1 is 0.228 bits per heavy atom. The van der Waals surface area contributed by atoms with Crippen molar-refractivity contribution in [3.63, 3.8) is 0 Å². The van der Waals surface area contributed by atoms with E-state index in [0.717, 1.165) is 165 Å². The first-order chi connectivity index (χ1) is 62.4. The van der Waals surface area contributed by atoms with Crippen LogP contribution in [0.1, 0.15) is 80.0 Å². The van der Waals surface area contributed by atoms with Gasteiger partial charge in [-0.25, -0.2) is 4.98 Å². The van der Waals surface area contributed by atoms with Crippen molar-refractivity contribution in [1.29, 1.82) is 0 Å². The van der Waals surface area contributed by atoms with Gasteiger partial charge < -0.3 is 37.2 Å². The van der Waals surface area contributed by atoms with E-state index in [1.807, 2.05) is 352 Å². The van der Waals surface area contributed by atoms with E-state index in [4.69, 9.17) is 0 Å². The monoisotopic (exact) mass is 1660 g/mol. The maximum absolute atomic E-state index is 12.8. The lowest BCUT2D eigenvalue weighted by atomic mass is 9.96. The molecular weight excluding hydrogens is 1570 g/mol. The molecule has 1 heterocycles. The number of hydrogen-bond donors (Lipinski definition) is 7.